The molecule has 1 aromatic rings. The predicted octanol–water partition coefficient (Wildman–Crippen LogP) is 5.87. The first-order chi connectivity index (χ1) is 8.41. The summed E-state index contributed by atoms with van der Waals surface area (Å²) in [5.74, 6) is 0. The molecule has 0 aromatic heterocycles. The Balaban J connectivity index is 0.00000137. The maximum Gasteiger partial charge on any atom is -0.0160 e. The molecule has 0 unspecified atom stereocenters. The Morgan fingerprint density at radius 2 is 1.61 bits per heavy atom. The van der Waals surface area contributed by atoms with Crippen LogP contribution in [0.2, 0.25) is 0 Å². The van der Waals surface area contributed by atoms with Crippen LogP contribution in [-0.4, -0.2) is 0 Å². The van der Waals surface area contributed by atoms with E-state index in [1.54, 1.807) is 0 Å². The molecule has 18 heavy (non-hydrogen) atoms. The Labute approximate surface area is 113 Å². The Morgan fingerprint density at radius 1 is 1.06 bits per heavy atom. The molecule has 0 atom stereocenters. The van der Waals surface area contributed by atoms with Gasteiger partial charge in [-0.2, -0.15) is 0 Å². The minimum Gasteiger partial charge on any atom is -0.0958 e. The Bertz CT molecular complexity index is 459. The minimum atomic E-state index is 1.05. The lowest BCUT2D eigenvalue weighted by Gasteiger charge is -2.08. The van der Waals surface area contributed by atoms with Gasteiger partial charge in [0, 0.05) is 0 Å². The molecule has 0 saturated heterocycles. The molecule has 0 aliphatic carbocycles. The maximum absolute atomic E-state index is 4.12. The van der Waals surface area contributed by atoms with Crippen LogP contribution in [-0.2, 0) is 0 Å². The van der Waals surface area contributed by atoms with Crippen molar-refractivity contribution in [1.82, 2.24) is 0 Å². The van der Waals surface area contributed by atoms with Gasteiger partial charge in [-0.25, -0.2) is 0 Å². The summed E-state index contributed by atoms with van der Waals surface area (Å²) in [6.45, 7) is 20.4. The molecule has 0 spiro atoms. The van der Waals surface area contributed by atoms with E-state index in [4.69, 9.17) is 0 Å². The van der Waals surface area contributed by atoms with Crippen molar-refractivity contribution in [3.05, 3.63) is 65.3 Å². The second kappa shape index (κ2) is 7.71. The zero-order chi connectivity index (χ0) is 14.3. The quantitative estimate of drug-likeness (QED) is 0.582. The fourth-order valence-electron chi connectivity index (χ4n) is 1.64. The van der Waals surface area contributed by atoms with Gasteiger partial charge in [0.25, 0.3) is 0 Å². The zero-order valence-corrected chi connectivity index (χ0v) is 12.7. The van der Waals surface area contributed by atoms with Crippen molar-refractivity contribution in [3.8, 4) is 0 Å². The van der Waals surface area contributed by atoms with Crippen molar-refractivity contribution in [2.45, 2.75) is 41.5 Å². The highest BCUT2D eigenvalue weighted by molar-refractivity contribution is 5.75. The third-order valence-corrected chi connectivity index (χ3v) is 2.79. The van der Waals surface area contributed by atoms with Crippen molar-refractivity contribution >= 4 is 5.57 Å². The molecule has 0 saturated carbocycles. The van der Waals surface area contributed by atoms with Crippen molar-refractivity contribution < 1.29 is 0 Å². The van der Waals surface area contributed by atoms with Crippen molar-refractivity contribution in [2.24, 2.45) is 0 Å². The topological polar surface area (TPSA) is 0 Å². The summed E-state index contributed by atoms with van der Waals surface area (Å²) >= 11 is 0. The van der Waals surface area contributed by atoms with Crippen LogP contribution in [0.3, 0.4) is 0 Å². The molecule has 0 amide bonds. The number of benzene rings is 1. The Morgan fingerprint density at radius 3 is 2.06 bits per heavy atom. The van der Waals surface area contributed by atoms with E-state index in [9.17, 15) is 0 Å². The normalized spacial score (nSPS) is 10.4. The number of aryl methyl sites for hydroxylation is 2. The molecular weight excluding hydrogens is 216 g/mol. The molecule has 0 fully saturated rings. The smallest absolute Gasteiger partial charge is 0.0160 e. The van der Waals surface area contributed by atoms with Gasteiger partial charge in [0.15, 0.2) is 0 Å². The molecule has 1 aromatic carbocycles. The van der Waals surface area contributed by atoms with Crippen LogP contribution >= 0.6 is 0 Å². The minimum absolute atomic E-state index is 1.05. The van der Waals surface area contributed by atoms with Gasteiger partial charge in [-0.15, -0.1) is 0 Å². The van der Waals surface area contributed by atoms with Gasteiger partial charge in [0.2, 0.25) is 0 Å². The average Bonchev–Trinajstić information content (AvgIpc) is 2.31. The van der Waals surface area contributed by atoms with Gasteiger partial charge in [0.1, 0.15) is 0 Å². The van der Waals surface area contributed by atoms with Gasteiger partial charge >= 0.3 is 0 Å². The summed E-state index contributed by atoms with van der Waals surface area (Å²) in [6.07, 6.45) is 2.10. The number of hydrogen-bond donors (Lipinski definition) is 0. The predicted molar refractivity (Wildman–Crippen MR) is 84.9 cm³/mol. The van der Waals surface area contributed by atoms with Gasteiger partial charge in [0.05, 0.1) is 0 Å². The summed E-state index contributed by atoms with van der Waals surface area (Å²) in [5.41, 5.74) is 7.10. The summed E-state index contributed by atoms with van der Waals surface area (Å²) in [7, 11) is 0. The second-order valence-electron chi connectivity index (χ2n) is 4.45. The van der Waals surface area contributed by atoms with E-state index >= 15 is 0 Å². The monoisotopic (exact) mass is 242 g/mol. The standard InChI is InChI=1S/C16H20.C2H6/c1-11(2)13(4)10-15(6)16-8-7-12(3)9-14(16)5;1-2/h7-10H,1,6H2,2-5H3;1-2H3/b13-10-;. The van der Waals surface area contributed by atoms with E-state index in [1.165, 1.54) is 22.3 Å². The lowest BCUT2D eigenvalue weighted by atomic mass is 9.97. The molecule has 1 rings (SSSR count). The van der Waals surface area contributed by atoms with Crippen LogP contribution in [0.1, 0.15) is 44.4 Å². The summed E-state index contributed by atoms with van der Waals surface area (Å²) in [4.78, 5) is 0. The second-order valence-corrected chi connectivity index (χ2v) is 4.45. The van der Waals surface area contributed by atoms with E-state index < -0.39 is 0 Å². The van der Waals surface area contributed by atoms with Crippen LogP contribution in [0.15, 0.2) is 48.6 Å². The highest BCUT2D eigenvalue weighted by Gasteiger charge is 2.01. The first kappa shape index (κ1) is 16.4. The molecule has 0 aliphatic rings. The third-order valence-electron chi connectivity index (χ3n) is 2.79. The fraction of sp³-hybridized carbons (Fsp3) is 0.333. The van der Waals surface area contributed by atoms with Crippen LogP contribution < -0.4 is 0 Å². The first-order valence-electron chi connectivity index (χ1n) is 6.52. The van der Waals surface area contributed by atoms with Crippen LogP contribution in [0.5, 0.6) is 0 Å². The molecule has 0 nitrogen and oxygen atoms in total. The molecule has 0 aliphatic heterocycles. The zero-order valence-electron chi connectivity index (χ0n) is 12.7. The van der Waals surface area contributed by atoms with Crippen molar-refractivity contribution in [3.63, 3.8) is 0 Å². The molecule has 0 heteroatoms. The molecule has 0 bridgehead atoms. The van der Waals surface area contributed by atoms with E-state index in [-0.39, 0.29) is 0 Å². The van der Waals surface area contributed by atoms with E-state index in [0.717, 1.165) is 11.1 Å². The summed E-state index contributed by atoms with van der Waals surface area (Å²) in [5, 5.41) is 0. The van der Waals surface area contributed by atoms with E-state index in [2.05, 4.69) is 58.2 Å². The van der Waals surface area contributed by atoms with E-state index in [0.29, 0.717) is 0 Å². The average molecular weight is 242 g/mol. The number of allylic oxidation sites excluding steroid dienone is 4. The Kier molecular flexibility index (Phi) is 7.04. The van der Waals surface area contributed by atoms with Crippen LogP contribution in [0.4, 0.5) is 0 Å². The Hall–Kier alpha value is -1.56. The third kappa shape index (κ3) is 4.75. The number of hydrogen-bond acceptors (Lipinski definition) is 0. The lowest BCUT2D eigenvalue weighted by Crippen LogP contribution is -1.88. The van der Waals surface area contributed by atoms with E-state index in [1.807, 2.05) is 20.8 Å². The van der Waals surface area contributed by atoms with Gasteiger partial charge < -0.3 is 0 Å². The maximum atomic E-state index is 4.12. The van der Waals surface area contributed by atoms with Crippen LogP contribution in [0.25, 0.3) is 5.57 Å². The van der Waals surface area contributed by atoms with Crippen molar-refractivity contribution in [1.29, 1.82) is 0 Å². The largest absolute Gasteiger partial charge is 0.0958 e. The van der Waals surface area contributed by atoms with Crippen molar-refractivity contribution in [2.75, 3.05) is 0 Å². The van der Waals surface area contributed by atoms with Gasteiger partial charge in [-0.05, 0) is 50.0 Å². The summed E-state index contributed by atoms with van der Waals surface area (Å²) < 4.78 is 0. The lowest BCUT2D eigenvalue weighted by molar-refractivity contribution is 1.34. The SMILES string of the molecule is C=C(C)/C(C)=C\C(=C)c1ccc(C)cc1C.CC. The van der Waals surface area contributed by atoms with Crippen LogP contribution in [0, 0.1) is 13.8 Å². The molecule has 98 valence electrons. The summed E-state index contributed by atoms with van der Waals surface area (Å²) in [6, 6.07) is 6.44. The fourth-order valence-corrected chi connectivity index (χ4v) is 1.64. The molecule has 0 N–H and O–H groups in total. The van der Waals surface area contributed by atoms with Gasteiger partial charge in [-0.1, -0.05) is 62.4 Å². The highest BCUT2D eigenvalue weighted by atomic mass is 14.1. The van der Waals surface area contributed by atoms with Gasteiger partial charge in [-0.3, -0.25) is 0 Å². The highest BCUT2D eigenvalue weighted by Crippen LogP contribution is 2.22. The number of rotatable bonds is 3. The molecule has 0 radical (unpaired) electrons. The molecular formula is C18H26. The molecule has 0 heterocycles. The first-order valence-corrected chi connectivity index (χ1v) is 6.52.